The summed E-state index contributed by atoms with van der Waals surface area (Å²) >= 11 is 11.2. The van der Waals surface area contributed by atoms with Crippen LogP contribution in [0.3, 0.4) is 0 Å². The molecule has 1 aliphatic rings. The Labute approximate surface area is 138 Å². The van der Waals surface area contributed by atoms with Gasteiger partial charge in [0.25, 0.3) is 0 Å². The number of esters is 1. The third-order valence-corrected chi connectivity index (χ3v) is 3.66. The van der Waals surface area contributed by atoms with Gasteiger partial charge < -0.3 is 15.4 Å². The first-order valence-electron chi connectivity index (χ1n) is 6.46. The van der Waals surface area contributed by atoms with E-state index in [4.69, 9.17) is 28.6 Å². The molecule has 0 radical (unpaired) electrons. The van der Waals surface area contributed by atoms with Crippen LogP contribution in [0.1, 0.15) is 18.5 Å². The second-order valence-corrected chi connectivity index (χ2v) is 5.41. The number of benzene rings is 1. The molecule has 1 atom stereocenters. The average molecular weight is 341 g/mol. The van der Waals surface area contributed by atoms with E-state index >= 15 is 0 Å². The van der Waals surface area contributed by atoms with Gasteiger partial charge in [0.05, 0.1) is 11.6 Å². The summed E-state index contributed by atoms with van der Waals surface area (Å²) < 4.78 is 19.3. The van der Waals surface area contributed by atoms with Gasteiger partial charge in [-0.2, -0.15) is 0 Å². The van der Waals surface area contributed by atoms with E-state index in [1.807, 2.05) is 0 Å². The fraction of sp³-hybridized carbons (Fsp3) is 0.200. The van der Waals surface area contributed by atoms with E-state index in [2.05, 4.69) is 17.2 Å². The maximum absolute atomic E-state index is 14.2. The van der Waals surface area contributed by atoms with Crippen LogP contribution in [-0.4, -0.2) is 17.7 Å². The Balaban J connectivity index is 2.51. The maximum atomic E-state index is 14.2. The van der Waals surface area contributed by atoms with E-state index in [1.54, 1.807) is 13.0 Å². The highest BCUT2D eigenvalue weighted by molar-refractivity contribution is 7.80. The minimum Gasteiger partial charge on any atom is -0.458 e. The average Bonchev–Trinajstić information content (AvgIpc) is 2.44. The maximum Gasteiger partial charge on any atom is 0.338 e. The molecule has 0 fully saturated rings. The van der Waals surface area contributed by atoms with Gasteiger partial charge in [-0.25, -0.2) is 9.18 Å². The molecule has 1 heterocycles. The quantitative estimate of drug-likeness (QED) is 0.501. The summed E-state index contributed by atoms with van der Waals surface area (Å²) in [4.78, 5) is 12.3. The van der Waals surface area contributed by atoms with Crippen LogP contribution in [-0.2, 0) is 9.53 Å². The highest BCUT2D eigenvalue weighted by atomic mass is 35.5. The van der Waals surface area contributed by atoms with Crippen molar-refractivity contribution in [2.75, 3.05) is 6.61 Å². The summed E-state index contributed by atoms with van der Waals surface area (Å²) in [6.45, 7) is 5.21. The Hall–Kier alpha value is -1.92. The van der Waals surface area contributed by atoms with Crippen molar-refractivity contribution in [3.8, 4) is 0 Å². The van der Waals surface area contributed by atoms with Gasteiger partial charge in [-0.1, -0.05) is 30.3 Å². The first-order valence-corrected chi connectivity index (χ1v) is 7.24. The van der Waals surface area contributed by atoms with Crippen LogP contribution in [0.25, 0.3) is 0 Å². The predicted octanol–water partition coefficient (Wildman–Crippen LogP) is 3.00. The number of hydrogen-bond donors (Lipinski definition) is 2. The van der Waals surface area contributed by atoms with Gasteiger partial charge in [0.2, 0.25) is 0 Å². The van der Waals surface area contributed by atoms with Crippen LogP contribution in [0.4, 0.5) is 4.39 Å². The molecule has 2 N–H and O–H groups in total. The number of carbonyl (C=O) groups is 1. The van der Waals surface area contributed by atoms with Gasteiger partial charge in [0, 0.05) is 16.3 Å². The molecule has 0 spiro atoms. The molecule has 0 saturated heterocycles. The molecule has 0 unspecified atom stereocenters. The Kier molecular flexibility index (Phi) is 5.15. The normalized spacial score (nSPS) is 17.6. The number of nitrogens with one attached hydrogen (secondary N) is 2. The zero-order valence-electron chi connectivity index (χ0n) is 11.8. The molecule has 0 bridgehead atoms. The number of hydrogen-bond acceptors (Lipinski definition) is 3. The summed E-state index contributed by atoms with van der Waals surface area (Å²) in [5.41, 5.74) is 0.863. The molecular formula is C15H14ClFN2O2S. The van der Waals surface area contributed by atoms with Crippen LogP contribution >= 0.6 is 23.8 Å². The molecule has 0 aliphatic carbocycles. The largest absolute Gasteiger partial charge is 0.458 e. The number of ether oxygens (including phenoxy) is 1. The zero-order valence-corrected chi connectivity index (χ0v) is 13.4. The summed E-state index contributed by atoms with van der Waals surface area (Å²) in [6, 6.07) is 3.50. The first-order chi connectivity index (χ1) is 10.5. The standard InChI is InChI=1S/C15H14ClFN2O2S/c1-3-7-21-14(20)11-8(2)18-15(22)19-13(11)12-9(16)5-4-6-10(12)17/h3-6,13H,1,7H2,2H3,(H2,18,19,22)/t13-/m1/s1. The third-order valence-electron chi connectivity index (χ3n) is 3.11. The van der Waals surface area contributed by atoms with E-state index in [-0.39, 0.29) is 27.9 Å². The number of allylic oxidation sites excluding steroid dienone is 1. The molecule has 0 saturated carbocycles. The Bertz CT molecular complexity index is 655. The van der Waals surface area contributed by atoms with Gasteiger partial charge >= 0.3 is 5.97 Å². The zero-order chi connectivity index (χ0) is 16.3. The molecule has 0 amide bonds. The van der Waals surface area contributed by atoms with Gasteiger partial charge in [-0.3, -0.25) is 0 Å². The molecule has 2 rings (SSSR count). The number of carbonyl (C=O) groups excluding carboxylic acids is 1. The van der Waals surface area contributed by atoms with Crippen LogP contribution in [0.5, 0.6) is 0 Å². The monoisotopic (exact) mass is 340 g/mol. The van der Waals surface area contributed by atoms with E-state index in [0.29, 0.717) is 5.70 Å². The number of rotatable bonds is 4. The van der Waals surface area contributed by atoms with Crippen LogP contribution in [0.15, 0.2) is 42.1 Å². The van der Waals surface area contributed by atoms with Gasteiger partial charge in [-0.15, -0.1) is 0 Å². The molecular weight excluding hydrogens is 327 g/mol. The van der Waals surface area contributed by atoms with Crippen molar-refractivity contribution in [1.29, 1.82) is 0 Å². The third kappa shape index (κ3) is 3.28. The van der Waals surface area contributed by atoms with Crippen LogP contribution in [0.2, 0.25) is 5.02 Å². The molecule has 0 aromatic heterocycles. The molecule has 1 aliphatic heterocycles. The predicted molar refractivity (Wildman–Crippen MR) is 86.9 cm³/mol. The lowest BCUT2D eigenvalue weighted by molar-refractivity contribution is -0.138. The van der Waals surface area contributed by atoms with Crippen LogP contribution in [0, 0.1) is 5.82 Å². The molecule has 7 heteroatoms. The fourth-order valence-electron chi connectivity index (χ4n) is 2.18. The van der Waals surface area contributed by atoms with Crippen molar-refractivity contribution < 1.29 is 13.9 Å². The van der Waals surface area contributed by atoms with E-state index in [0.717, 1.165) is 0 Å². The van der Waals surface area contributed by atoms with Crippen molar-refractivity contribution in [1.82, 2.24) is 10.6 Å². The summed E-state index contributed by atoms with van der Waals surface area (Å²) in [7, 11) is 0. The molecule has 4 nitrogen and oxygen atoms in total. The fourth-order valence-corrected chi connectivity index (χ4v) is 2.72. The highest BCUT2D eigenvalue weighted by Crippen LogP contribution is 2.33. The summed E-state index contributed by atoms with van der Waals surface area (Å²) in [5.74, 6) is -1.12. The van der Waals surface area contributed by atoms with Gasteiger partial charge in [-0.05, 0) is 31.3 Å². The minimum absolute atomic E-state index is 0.0534. The topological polar surface area (TPSA) is 50.4 Å². The number of thiocarbonyl (C=S) groups is 1. The van der Waals surface area contributed by atoms with E-state index in [1.165, 1.54) is 18.2 Å². The Morgan fingerprint density at radius 1 is 1.59 bits per heavy atom. The van der Waals surface area contributed by atoms with Crippen molar-refractivity contribution in [3.63, 3.8) is 0 Å². The van der Waals surface area contributed by atoms with E-state index < -0.39 is 17.8 Å². The minimum atomic E-state index is -0.820. The number of halogens is 2. The van der Waals surface area contributed by atoms with Gasteiger partial charge in [0.15, 0.2) is 5.11 Å². The summed E-state index contributed by atoms with van der Waals surface area (Å²) in [6.07, 6.45) is 1.45. The van der Waals surface area contributed by atoms with Crippen molar-refractivity contribution in [2.24, 2.45) is 0 Å². The smallest absolute Gasteiger partial charge is 0.338 e. The van der Waals surface area contributed by atoms with E-state index in [9.17, 15) is 9.18 Å². The second-order valence-electron chi connectivity index (χ2n) is 4.59. The first kappa shape index (κ1) is 16.5. The lowest BCUT2D eigenvalue weighted by atomic mass is 9.95. The van der Waals surface area contributed by atoms with Crippen molar-refractivity contribution >= 4 is 34.9 Å². The Morgan fingerprint density at radius 3 is 2.95 bits per heavy atom. The lowest BCUT2D eigenvalue weighted by Crippen LogP contribution is -2.45. The van der Waals surface area contributed by atoms with Crippen LogP contribution < -0.4 is 10.6 Å². The highest BCUT2D eigenvalue weighted by Gasteiger charge is 2.33. The molecule has 1 aromatic carbocycles. The lowest BCUT2D eigenvalue weighted by Gasteiger charge is -2.30. The summed E-state index contributed by atoms with van der Waals surface area (Å²) in [5, 5.41) is 6.17. The second kappa shape index (κ2) is 6.89. The Morgan fingerprint density at radius 2 is 2.32 bits per heavy atom. The van der Waals surface area contributed by atoms with Crippen molar-refractivity contribution in [2.45, 2.75) is 13.0 Å². The molecule has 1 aromatic rings. The molecule has 116 valence electrons. The molecule has 22 heavy (non-hydrogen) atoms. The van der Waals surface area contributed by atoms with Gasteiger partial charge in [0.1, 0.15) is 12.4 Å². The van der Waals surface area contributed by atoms with Crippen molar-refractivity contribution in [3.05, 3.63) is 58.5 Å². The SMILES string of the molecule is C=CCOC(=O)C1=C(C)NC(=S)N[C@H]1c1c(F)cccc1Cl.